The van der Waals surface area contributed by atoms with E-state index in [1.165, 1.54) is 4.68 Å². The summed E-state index contributed by atoms with van der Waals surface area (Å²) in [5.41, 5.74) is 1.48. The summed E-state index contributed by atoms with van der Waals surface area (Å²) < 4.78 is 1.51. The normalized spacial score (nSPS) is 10.0. The topological polar surface area (TPSA) is 72.2 Å². The number of rotatable bonds is 3. The summed E-state index contributed by atoms with van der Waals surface area (Å²) in [5.74, 6) is -2.22. The fourth-order valence-corrected chi connectivity index (χ4v) is 1.05. The first-order valence-corrected chi connectivity index (χ1v) is 3.76. The zero-order valence-electron chi connectivity index (χ0n) is 7.44. The van der Waals surface area contributed by atoms with Gasteiger partial charge in [0.05, 0.1) is 12.6 Å². The van der Waals surface area contributed by atoms with Crippen molar-refractivity contribution in [1.29, 1.82) is 0 Å². The Hall–Kier alpha value is -1.65. The highest BCUT2D eigenvalue weighted by molar-refractivity contribution is 6.33. The second-order valence-corrected chi connectivity index (χ2v) is 2.80. The van der Waals surface area contributed by atoms with E-state index in [1.807, 2.05) is 0 Å². The van der Waals surface area contributed by atoms with Crippen molar-refractivity contribution < 1.29 is 14.7 Å². The standard InChI is InChI=1S/C8H10N2O3/c1-5-4-9-10(2)6(5)3-7(11)8(12)13/h4H,3H2,1-2H3,(H,12,13). The molecule has 70 valence electrons. The molecule has 0 bridgehead atoms. The SMILES string of the molecule is Cc1cnn(C)c1CC(=O)C(=O)O. The number of carboxylic acids is 1. The van der Waals surface area contributed by atoms with Gasteiger partial charge in [0.25, 0.3) is 0 Å². The van der Waals surface area contributed by atoms with Crippen LogP contribution >= 0.6 is 0 Å². The van der Waals surface area contributed by atoms with Crippen LogP contribution in [0, 0.1) is 6.92 Å². The molecule has 1 N–H and O–H groups in total. The van der Waals surface area contributed by atoms with E-state index in [1.54, 1.807) is 20.2 Å². The van der Waals surface area contributed by atoms with Gasteiger partial charge in [-0.3, -0.25) is 9.48 Å². The molecule has 1 aromatic rings. The number of Topliss-reactive ketones (excluding diaryl/α,β-unsaturated/α-hetero) is 1. The number of nitrogens with zero attached hydrogens (tertiary/aromatic N) is 2. The van der Waals surface area contributed by atoms with Crippen molar-refractivity contribution in [2.75, 3.05) is 0 Å². The van der Waals surface area contributed by atoms with Crippen molar-refractivity contribution in [3.63, 3.8) is 0 Å². The van der Waals surface area contributed by atoms with Gasteiger partial charge >= 0.3 is 5.97 Å². The highest BCUT2D eigenvalue weighted by Crippen LogP contribution is 2.06. The summed E-state index contributed by atoms with van der Waals surface area (Å²) in [6.07, 6.45) is 1.50. The molecule has 0 saturated heterocycles. The third-order valence-corrected chi connectivity index (χ3v) is 1.84. The van der Waals surface area contributed by atoms with Crippen molar-refractivity contribution in [3.8, 4) is 0 Å². The molecular weight excluding hydrogens is 172 g/mol. The van der Waals surface area contributed by atoms with Crippen LogP contribution in [0.2, 0.25) is 0 Å². The number of hydrogen-bond donors (Lipinski definition) is 1. The molecule has 1 heterocycles. The molecule has 0 atom stereocenters. The van der Waals surface area contributed by atoms with Gasteiger partial charge in [-0.1, -0.05) is 0 Å². The number of aromatic nitrogens is 2. The average Bonchev–Trinajstić information content (AvgIpc) is 2.35. The number of hydrogen-bond acceptors (Lipinski definition) is 3. The minimum absolute atomic E-state index is 0.0995. The van der Waals surface area contributed by atoms with Crippen LogP contribution in [0.15, 0.2) is 6.20 Å². The fourth-order valence-electron chi connectivity index (χ4n) is 1.05. The maximum Gasteiger partial charge on any atom is 0.372 e. The van der Waals surface area contributed by atoms with E-state index in [0.29, 0.717) is 5.69 Å². The molecule has 0 unspecified atom stereocenters. The van der Waals surface area contributed by atoms with Crippen LogP contribution in [0.5, 0.6) is 0 Å². The van der Waals surface area contributed by atoms with Gasteiger partial charge in [-0.15, -0.1) is 0 Å². The number of carbonyl (C=O) groups is 2. The molecule has 0 aromatic carbocycles. The van der Waals surface area contributed by atoms with Gasteiger partial charge < -0.3 is 5.11 Å². The molecule has 0 fully saturated rings. The molecule has 0 aliphatic carbocycles. The second-order valence-electron chi connectivity index (χ2n) is 2.80. The van der Waals surface area contributed by atoms with Crippen LogP contribution in [0.1, 0.15) is 11.3 Å². The van der Waals surface area contributed by atoms with E-state index >= 15 is 0 Å². The predicted molar refractivity (Wildman–Crippen MR) is 44.3 cm³/mol. The Morgan fingerprint density at radius 1 is 1.62 bits per heavy atom. The predicted octanol–water partition coefficient (Wildman–Crippen LogP) is -0.0753. The molecule has 5 heteroatoms. The molecule has 0 radical (unpaired) electrons. The van der Waals surface area contributed by atoms with Gasteiger partial charge in [0.2, 0.25) is 5.78 Å². The average molecular weight is 182 g/mol. The Balaban J connectivity index is 2.85. The third kappa shape index (κ3) is 1.93. The Morgan fingerprint density at radius 2 is 2.23 bits per heavy atom. The lowest BCUT2D eigenvalue weighted by Gasteiger charge is -1.99. The lowest BCUT2D eigenvalue weighted by Crippen LogP contribution is -2.17. The summed E-state index contributed by atoms with van der Waals surface area (Å²) in [4.78, 5) is 21.1. The summed E-state index contributed by atoms with van der Waals surface area (Å²) in [5, 5.41) is 12.3. The fraction of sp³-hybridized carbons (Fsp3) is 0.375. The van der Waals surface area contributed by atoms with Crippen molar-refractivity contribution in [2.45, 2.75) is 13.3 Å². The smallest absolute Gasteiger partial charge is 0.372 e. The Morgan fingerprint density at radius 3 is 2.62 bits per heavy atom. The molecule has 0 aliphatic heterocycles. The molecule has 0 spiro atoms. The van der Waals surface area contributed by atoms with Crippen molar-refractivity contribution >= 4 is 11.8 Å². The van der Waals surface area contributed by atoms with E-state index < -0.39 is 11.8 Å². The first-order chi connectivity index (χ1) is 6.02. The molecule has 5 nitrogen and oxygen atoms in total. The number of carboxylic acid groups (broad SMARTS) is 1. The molecule has 0 aliphatic rings. The van der Waals surface area contributed by atoms with Crippen LogP contribution in [0.4, 0.5) is 0 Å². The van der Waals surface area contributed by atoms with E-state index in [-0.39, 0.29) is 6.42 Å². The zero-order chi connectivity index (χ0) is 10.0. The third-order valence-electron chi connectivity index (χ3n) is 1.84. The van der Waals surface area contributed by atoms with E-state index in [0.717, 1.165) is 5.56 Å². The highest BCUT2D eigenvalue weighted by Gasteiger charge is 2.15. The van der Waals surface area contributed by atoms with Crippen molar-refractivity contribution in [2.24, 2.45) is 7.05 Å². The highest BCUT2D eigenvalue weighted by atomic mass is 16.4. The largest absolute Gasteiger partial charge is 0.475 e. The first-order valence-electron chi connectivity index (χ1n) is 3.76. The van der Waals surface area contributed by atoms with Gasteiger partial charge in [-0.25, -0.2) is 4.79 Å². The molecule has 0 saturated carbocycles. The van der Waals surface area contributed by atoms with Gasteiger partial charge in [0, 0.05) is 12.7 Å². The maximum atomic E-state index is 10.9. The van der Waals surface area contributed by atoms with Gasteiger partial charge in [0.15, 0.2) is 0 Å². The summed E-state index contributed by atoms with van der Waals surface area (Å²) in [6.45, 7) is 1.79. The monoisotopic (exact) mass is 182 g/mol. The zero-order valence-corrected chi connectivity index (χ0v) is 7.44. The van der Waals surface area contributed by atoms with Crippen molar-refractivity contribution in [3.05, 3.63) is 17.5 Å². The Bertz CT molecular complexity index is 335. The molecule has 13 heavy (non-hydrogen) atoms. The summed E-state index contributed by atoms with van der Waals surface area (Å²) in [6, 6.07) is 0. The van der Waals surface area contributed by atoms with Crippen LogP contribution < -0.4 is 0 Å². The Kier molecular flexibility index (Phi) is 2.46. The second kappa shape index (κ2) is 3.38. The number of aryl methyl sites for hydroxylation is 2. The number of carbonyl (C=O) groups excluding carboxylic acids is 1. The number of ketones is 1. The van der Waals surface area contributed by atoms with Crippen molar-refractivity contribution in [1.82, 2.24) is 9.78 Å². The molecule has 0 amide bonds. The van der Waals surface area contributed by atoms with Crippen LogP contribution in [0.3, 0.4) is 0 Å². The maximum absolute atomic E-state index is 10.9. The Labute approximate surface area is 75.0 Å². The minimum Gasteiger partial charge on any atom is -0.475 e. The van der Waals surface area contributed by atoms with E-state index in [2.05, 4.69) is 5.10 Å². The van der Waals surface area contributed by atoms with Gasteiger partial charge in [-0.05, 0) is 12.5 Å². The quantitative estimate of drug-likeness (QED) is 0.664. The lowest BCUT2D eigenvalue weighted by atomic mass is 10.1. The van der Waals surface area contributed by atoms with Gasteiger partial charge in [-0.2, -0.15) is 5.10 Å². The summed E-state index contributed by atoms with van der Waals surface area (Å²) in [7, 11) is 1.68. The van der Waals surface area contributed by atoms with Crippen LogP contribution in [0.25, 0.3) is 0 Å². The van der Waals surface area contributed by atoms with Crippen LogP contribution in [-0.4, -0.2) is 26.6 Å². The summed E-state index contributed by atoms with van der Waals surface area (Å²) >= 11 is 0. The minimum atomic E-state index is -1.40. The van der Waals surface area contributed by atoms with E-state index in [9.17, 15) is 9.59 Å². The molecule has 1 aromatic heterocycles. The van der Waals surface area contributed by atoms with E-state index in [4.69, 9.17) is 5.11 Å². The van der Waals surface area contributed by atoms with Gasteiger partial charge in [0.1, 0.15) is 0 Å². The molecule has 1 rings (SSSR count). The number of aliphatic carboxylic acids is 1. The molecular formula is C8H10N2O3. The van der Waals surface area contributed by atoms with Crippen LogP contribution in [-0.2, 0) is 23.1 Å². The first kappa shape index (κ1) is 9.44. The lowest BCUT2D eigenvalue weighted by molar-refractivity contribution is -0.148.